The monoisotopic (exact) mass is 268 g/mol. The summed E-state index contributed by atoms with van der Waals surface area (Å²) in [5.41, 5.74) is -1.71. The molecule has 0 saturated carbocycles. The Hall–Kier alpha value is -1.46. The van der Waals surface area contributed by atoms with Crippen molar-refractivity contribution in [3.63, 3.8) is 0 Å². The summed E-state index contributed by atoms with van der Waals surface area (Å²) < 4.78 is 46.4. The van der Waals surface area contributed by atoms with Crippen LogP contribution in [0.15, 0.2) is 11.2 Å². The van der Waals surface area contributed by atoms with Gasteiger partial charge in [0.05, 0.1) is 5.56 Å². The van der Waals surface area contributed by atoms with E-state index in [1.54, 1.807) is 0 Å². The van der Waals surface area contributed by atoms with Crippen molar-refractivity contribution in [2.45, 2.75) is 11.5 Å². The first-order valence-corrected chi connectivity index (χ1v) is 5.94. The Morgan fingerprint density at radius 3 is 2.50 bits per heavy atom. The van der Waals surface area contributed by atoms with Crippen LogP contribution in [0.4, 0.5) is 8.78 Å². The van der Waals surface area contributed by atoms with E-state index >= 15 is 0 Å². The van der Waals surface area contributed by atoms with E-state index in [0.29, 0.717) is 6.20 Å². The van der Waals surface area contributed by atoms with Crippen molar-refractivity contribution < 1.29 is 22.3 Å². The molecule has 0 aliphatic carbocycles. The summed E-state index contributed by atoms with van der Waals surface area (Å²) in [6.07, 6.45) is -2.57. The van der Waals surface area contributed by atoms with Crippen LogP contribution in [0.25, 0.3) is 0 Å². The lowest BCUT2D eigenvalue weighted by Gasteiger charge is -2.06. The molecule has 0 bridgehead atoms. The molecule has 1 N–H and O–H groups in total. The number of hydrogen-bond donors (Lipinski definition) is 1. The molecule has 0 amide bonds. The summed E-state index contributed by atoms with van der Waals surface area (Å²) in [5, 5.41) is 16.8. The van der Waals surface area contributed by atoms with Crippen LogP contribution in [0.5, 0.6) is 5.75 Å². The van der Waals surface area contributed by atoms with Gasteiger partial charge >= 0.3 is 0 Å². The Bertz CT molecular complexity index is 568. The van der Waals surface area contributed by atoms with E-state index in [1.807, 2.05) is 0 Å². The first-order chi connectivity index (χ1) is 7.29. The van der Waals surface area contributed by atoms with Crippen molar-refractivity contribution in [2.75, 3.05) is 0 Å². The van der Waals surface area contributed by atoms with Crippen LogP contribution in [0.3, 0.4) is 0 Å². The second kappa shape index (κ2) is 4.19. The zero-order valence-electron chi connectivity index (χ0n) is 7.35. The average molecular weight is 269 g/mol. The summed E-state index contributed by atoms with van der Waals surface area (Å²) in [4.78, 5) is 3.08. The third-order valence-electron chi connectivity index (χ3n) is 1.63. The normalized spacial score (nSPS) is 11.4. The van der Waals surface area contributed by atoms with Crippen LogP contribution in [-0.2, 0) is 9.05 Å². The van der Waals surface area contributed by atoms with E-state index in [9.17, 15) is 22.3 Å². The lowest BCUT2D eigenvalue weighted by atomic mass is 10.1. The summed E-state index contributed by atoms with van der Waals surface area (Å²) in [7, 11) is 0.484. The summed E-state index contributed by atoms with van der Waals surface area (Å²) in [5.74, 6) is -1.17. The van der Waals surface area contributed by atoms with E-state index < -0.39 is 37.4 Å². The van der Waals surface area contributed by atoms with Gasteiger partial charge in [0.25, 0.3) is 15.5 Å². The molecule has 1 aromatic rings. The highest BCUT2D eigenvalue weighted by Gasteiger charge is 2.25. The maximum Gasteiger partial charge on any atom is 0.282 e. The van der Waals surface area contributed by atoms with Crippen LogP contribution in [-0.4, -0.2) is 18.5 Å². The minimum atomic E-state index is -4.39. The van der Waals surface area contributed by atoms with Crippen molar-refractivity contribution in [3.05, 3.63) is 17.3 Å². The Labute approximate surface area is 93.3 Å². The molecule has 0 atom stereocenters. The zero-order valence-corrected chi connectivity index (χ0v) is 8.93. The topological polar surface area (TPSA) is 91.0 Å². The number of halogens is 3. The molecule has 1 heterocycles. The highest BCUT2D eigenvalue weighted by atomic mass is 35.7. The highest BCUT2D eigenvalue weighted by molar-refractivity contribution is 8.13. The van der Waals surface area contributed by atoms with Crippen LogP contribution in [0, 0.1) is 11.3 Å². The van der Waals surface area contributed by atoms with Gasteiger partial charge in [-0.1, -0.05) is 0 Å². The molecule has 86 valence electrons. The van der Waals surface area contributed by atoms with Crippen molar-refractivity contribution in [1.82, 2.24) is 4.98 Å². The van der Waals surface area contributed by atoms with Gasteiger partial charge in [0, 0.05) is 16.9 Å². The third kappa shape index (κ3) is 2.20. The lowest BCUT2D eigenvalue weighted by molar-refractivity contribution is 0.150. The van der Waals surface area contributed by atoms with E-state index in [0.717, 1.165) is 0 Å². The van der Waals surface area contributed by atoms with Gasteiger partial charge < -0.3 is 5.11 Å². The largest absolute Gasteiger partial charge is 0.504 e. The highest BCUT2D eigenvalue weighted by Crippen LogP contribution is 2.33. The summed E-state index contributed by atoms with van der Waals surface area (Å²) in [6.45, 7) is 0. The number of nitrogens with zero attached hydrogens (tertiary/aromatic N) is 2. The fourth-order valence-electron chi connectivity index (χ4n) is 0.959. The molecule has 5 nitrogen and oxygen atoms in total. The molecule has 1 aromatic heterocycles. The molecule has 16 heavy (non-hydrogen) atoms. The molecule has 0 fully saturated rings. The maximum absolute atomic E-state index is 12.3. The number of aromatic hydroxyl groups is 1. The van der Waals surface area contributed by atoms with Crippen LogP contribution < -0.4 is 0 Å². The number of nitriles is 1. The van der Waals surface area contributed by atoms with Gasteiger partial charge in [-0.2, -0.15) is 5.26 Å². The SMILES string of the molecule is N#Cc1c(C(F)F)cnc(S(=O)(=O)Cl)c1O. The minimum absolute atomic E-state index is 0.484. The first kappa shape index (κ1) is 12.6. The standard InChI is InChI=1S/C7H3ClF2N2O3S/c8-16(14,15)7-5(13)3(1-11)4(2-12-7)6(9)10/h2,6,13H. The van der Waals surface area contributed by atoms with E-state index in [1.165, 1.54) is 6.07 Å². The maximum atomic E-state index is 12.3. The van der Waals surface area contributed by atoms with Crippen LogP contribution in [0.2, 0.25) is 0 Å². The number of hydrogen-bond acceptors (Lipinski definition) is 5. The van der Waals surface area contributed by atoms with Crippen molar-refractivity contribution >= 4 is 19.7 Å². The average Bonchev–Trinajstić information content (AvgIpc) is 2.14. The Kier molecular flexibility index (Phi) is 3.30. The second-order valence-electron chi connectivity index (χ2n) is 2.59. The van der Waals surface area contributed by atoms with Crippen LogP contribution >= 0.6 is 10.7 Å². The first-order valence-electron chi connectivity index (χ1n) is 3.63. The molecule has 0 aliphatic heterocycles. The molecular formula is C7H3ClF2N2O3S. The van der Waals surface area contributed by atoms with Gasteiger partial charge in [-0.05, 0) is 0 Å². The van der Waals surface area contributed by atoms with Gasteiger partial charge in [-0.3, -0.25) is 0 Å². The Morgan fingerprint density at radius 2 is 2.12 bits per heavy atom. The lowest BCUT2D eigenvalue weighted by Crippen LogP contribution is -2.01. The fourth-order valence-corrected chi connectivity index (χ4v) is 1.81. The number of alkyl halides is 2. The molecule has 0 radical (unpaired) electrons. The van der Waals surface area contributed by atoms with Gasteiger partial charge in [-0.25, -0.2) is 22.2 Å². The van der Waals surface area contributed by atoms with Gasteiger partial charge in [0.1, 0.15) is 11.6 Å². The Balaban J connectivity index is 3.61. The van der Waals surface area contributed by atoms with Crippen LogP contribution in [0.1, 0.15) is 17.6 Å². The van der Waals surface area contributed by atoms with Crippen molar-refractivity contribution in [1.29, 1.82) is 5.26 Å². The predicted octanol–water partition coefficient (Wildman–Crippen LogP) is 1.52. The molecule has 1 rings (SSSR count). The summed E-state index contributed by atoms with van der Waals surface area (Å²) in [6, 6.07) is 1.26. The Morgan fingerprint density at radius 1 is 1.56 bits per heavy atom. The molecule has 0 aliphatic rings. The zero-order chi connectivity index (χ0) is 12.5. The van der Waals surface area contributed by atoms with E-state index in [-0.39, 0.29) is 0 Å². The summed E-state index contributed by atoms with van der Waals surface area (Å²) >= 11 is 0. The number of aromatic nitrogens is 1. The molecule has 0 unspecified atom stereocenters. The van der Waals surface area contributed by atoms with Gasteiger partial charge in [-0.15, -0.1) is 0 Å². The molecule has 0 aromatic carbocycles. The van der Waals surface area contributed by atoms with E-state index in [4.69, 9.17) is 15.9 Å². The van der Waals surface area contributed by atoms with Crippen molar-refractivity contribution in [3.8, 4) is 11.8 Å². The fraction of sp³-hybridized carbons (Fsp3) is 0.143. The van der Waals surface area contributed by atoms with E-state index in [2.05, 4.69) is 4.98 Å². The van der Waals surface area contributed by atoms with Gasteiger partial charge in [0.2, 0.25) is 5.03 Å². The molecule has 0 spiro atoms. The third-order valence-corrected chi connectivity index (χ3v) is 2.83. The smallest absolute Gasteiger partial charge is 0.282 e. The van der Waals surface area contributed by atoms with Gasteiger partial charge in [0.15, 0.2) is 5.75 Å². The molecular weight excluding hydrogens is 266 g/mol. The number of rotatable bonds is 2. The minimum Gasteiger partial charge on any atom is -0.504 e. The molecule has 9 heteroatoms. The number of pyridine rings is 1. The quantitative estimate of drug-likeness (QED) is 0.821. The predicted molar refractivity (Wildman–Crippen MR) is 48.6 cm³/mol. The second-order valence-corrected chi connectivity index (χ2v) is 5.07. The molecule has 0 saturated heterocycles. The van der Waals surface area contributed by atoms with Crippen molar-refractivity contribution in [2.24, 2.45) is 0 Å².